The van der Waals surface area contributed by atoms with E-state index in [1.165, 1.54) is 12.5 Å². The number of carbonyl (C=O) groups excluding carboxylic acids is 1. The fourth-order valence-corrected chi connectivity index (χ4v) is 2.50. The van der Waals surface area contributed by atoms with Crippen molar-refractivity contribution in [2.75, 3.05) is 0 Å². The van der Waals surface area contributed by atoms with E-state index in [2.05, 4.69) is 15.3 Å². The minimum absolute atomic E-state index is 0.00691. The monoisotopic (exact) mass is 305 g/mol. The number of nitrogens with zero attached hydrogens (tertiary/aromatic N) is 2. The van der Waals surface area contributed by atoms with Gasteiger partial charge < -0.3 is 14.5 Å². The van der Waals surface area contributed by atoms with Crippen LogP contribution in [0.15, 0.2) is 35.4 Å². The van der Waals surface area contributed by atoms with Crippen LogP contribution in [0.5, 0.6) is 6.01 Å². The standard InChI is InChI=1S/C15H16FN3O3/c16-11-7-17-15(18-8-11)22-13-3-1-12(2-4-13)19-14(20)10-5-6-21-9-10/h5-9,12-13H,1-4H2,(H,19,20). The summed E-state index contributed by atoms with van der Waals surface area (Å²) in [6.07, 6.45) is 8.27. The second kappa shape index (κ2) is 6.55. The SMILES string of the molecule is O=C(NC1CCC(Oc2ncc(F)cn2)CC1)c1ccoc1. The highest BCUT2D eigenvalue weighted by molar-refractivity contribution is 5.93. The van der Waals surface area contributed by atoms with Crippen molar-refractivity contribution < 1.29 is 18.3 Å². The maximum atomic E-state index is 12.7. The van der Waals surface area contributed by atoms with Crippen LogP contribution in [0.25, 0.3) is 0 Å². The summed E-state index contributed by atoms with van der Waals surface area (Å²) in [4.78, 5) is 19.5. The van der Waals surface area contributed by atoms with Gasteiger partial charge in [-0.1, -0.05) is 0 Å². The molecule has 1 aliphatic rings. The number of furan rings is 1. The Balaban J connectivity index is 1.46. The van der Waals surface area contributed by atoms with Gasteiger partial charge in [0.05, 0.1) is 24.2 Å². The van der Waals surface area contributed by atoms with E-state index in [4.69, 9.17) is 9.15 Å². The molecule has 2 aromatic heterocycles. The van der Waals surface area contributed by atoms with Crippen molar-refractivity contribution in [3.05, 3.63) is 42.4 Å². The predicted molar refractivity (Wildman–Crippen MR) is 74.8 cm³/mol. The highest BCUT2D eigenvalue weighted by Gasteiger charge is 2.24. The highest BCUT2D eigenvalue weighted by atomic mass is 19.1. The normalized spacial score (nSPS) is 21.3. The first-order valence-corrected chi connectivity index (χ1v) is 7.18. The van der Waals surface area contributed by atoms with Crippen molar-refractivity contribution in [1.29, 1.82) is 0 Å². The molecule has 116 valence electrons. The van der Waals surface area contributed by atoms with Crippen LogP contribution in [0.3, 0.4) is 0 Å². The van der Waals surface area contributed by atoms with Crippen molar-refractivity contribution in [2.45, 2.75) is 37.8 Å². The Morgan fingerprint density at radius 1 is 1.27 bits per heavy atom. The zero-order valence-corrected chi connectivity index (χ0v) is 11.9. The Morgan fingerprint density at radius 2 is 2.00 bits per heavy atom. The maximum absolute atomic E-state index is 12.7. The quantitative estimate of drug-likeness (QED) is 0.938. The van der Waals surface area contributed by atoms with E-state index in [-0.39, 0.29) is 24.1 Å². The molecule has 1 N–H and O–H groups in total. The van der Waals surface area contributed by atoms with E-state index in [9.17, 15) is 9.18 Å². The van der Waals surface area contributed by atoms with Crippen LogP contribution in [0.1, 0.15) is 36.0 Å². The molecule has 1 saturated carbocycles. The summed E-state index contributed by atoms with van der Waals surface area (Å²) in [7, 11) is 0. The zero-order chi connectivity index (χ0) is 15.4. The Morgan fingerprint density at radius 3 is 2.64 bits per heavy atom. The summed E-state index contributed by atoms with van der Waals surface area (Å²) in [6.45, 7) is 0. The molecule has 7 heteroatoms. The van der Waals surface area contributed by atoms with Gasteiger partial charge in [0, 0.05) is 6.04 Å². The molecule has 0 aliphatic heterocycles. The molecule has 1 amide bonds. The minimum atomic E-state index is -0.488. The van der Waals surface area contributed by atoms with Gasteiger partial charge in [0.25, 0.3) is 5.91 Å². The van der Waals surface area contributed by atoms with Crippen molar-refractivity contribution in [1.82, 2.24) is 15.3 Å². The van der Waals surface area contributed by atoms with Crippen molar-refractivity contribution in [3.63, 3.8) is 0 Å². The van der Waals surface area contributed by atoms with E-state index in [1.54, 1.807) is 6.07 Å². The lowest BCUT2D eigenvalue weighted by atomic mass is 9.93. The molecule has 2 aromatic rings. The summed E-state index contributed by atoms with van der Waals surface area (Å²) >= 11 is 0. The van der Waals surface area contributed by atoms with Gasteiger partial charge in [-0.25, -0.2) is 14.4 Å². The summed E-state index contributed by atoms with van der Waals surface area (Å²) in [5.41, 5.74) is 0.526. The average molecular weight is 305 g/mol. The Bertz CT molecular complexity index is 607. The van der Waals surface area contributed by atoms with Gasteiger partial charge in [-0.15, -0.1) is 0 Å². The van der Waals surface area contributed by atoms with Gasteiger partial charge in [-0.05, 0) is 31.7 Å². The molecule has 0 saturated heterocycles. The average Bonchev–Trinajstić information content (AvgIpc) is 3.06. The largest absolute Gasteiger partial charge is 0.472 e. The second-order valence-electron chi connectivity index (χ2n) is 5.26. The summed E-state index contributed by atoms with van der Waals surface area (Å²) in [5.74, 6) is -0.613. The Hall–Kier alpha value is -2.44. The fourth-order valence-electron chi connectivity index (χ4n) is 2.50. The molecule has 0 atom stereocenters. The lowest BCUT2D eigenvalue weighted by Gasteiger charge is -2.28. The zero-order valence-electron chi connectivity index (χ0n) is 11.9. The summed E-state index contributed by atoms with van der Waals surface area (Å²) in [5, 5.41) is 2.98. The third-order valence-electron chi connectivity index (χ3n) is 3.66. The number of rotatable bonds is 4. The molecule has 3 rings (SSSR count). The van der Waals surface area contributed by atoms with Gasteiger partial charge in [0.1, 0.15) is 12.4 Å². The van der Waals surface area contributed by atoms with Gasteiger partial charge in [0.2, 0.25) is 0 Å². The van der Waals surface area contributed by atoms with Crippen LogP contribution < -0.4 is 10.1 Å². The molecule has 2 heterocycles. The van der Waals surface area contributed by atoms with E-state index < -0.39 is 5.82 Å². The van der Waals surface area contributed by atoms with Crippen LogP contribution in [0.2, 0.25) is 0 Å². The third kappa shape index (κ3) is 3.60. The predicted octanol–water partition coefficient (Wildman–Crippen LogP) is 2.33. The number of carbonyl (C=O) groups is 1. The number of aromatic nitrogens is 2. The Kier molecular flexibility index (Phi) is 4.32. The van der Waals surface area contributed by atoms with Crippen LogP contribution in [-0.4, -0.2) is 28.0 Å². The minimum Gasteiger partial charge on any atom is -0.472 e. The number of nitrogens with one attached hydrogen (secondary N) is 1. The molecular weight excluding hydrogens is 289 g/mol. The van der Waals surface area contributed by atoms with Crippen LogP contribution in [-0.2, 0) is 0 Å². The van der Waals surface area contributed by atoms with Crippen LogP contribution in [0.4, 0.5) is 4.39 Å². The first kappa shape index (κ1) is 14.5. The number of ether oxygens (including phenoxy) is 1. The summed E-state index contributed by atoms with van der Waals surface area (Å²) < 4.78 is 23.2. The second-order valence-corrected chi connectivity index (χ2v) is 5.26. The van der Waals surface area contributed by atoms with Crippen LogP contribution >= 0.6 is 0 Å². The molecule has 1 aliphatic carbocycles. The smallest absolute Gasteiger partial charge is 0.316 e. The molecule has 0 spiro atoms. The number of hydrogen-bond acceptors (Lipinski definition) is 5. The molecule has 22 heavy (non-hydrogen) atoms. The van der Waals surface area contributed by atoms with E-state index in [0.29, 0.717) is 5.56 Å². The molecule has 0 aromatic carbocycles. The first-order valence-electron chi connectivity index (χ1n) is 7.18. The molecule has 0 radical (unpaired) electrons. The van der Waals surface area contributed by atoms with Crippen LogP contribution in [0, 0.1) is 5.82 Å². The Labute approximate surface area is 126 Å². The van der Waals surface area contributed by atoms with Crippen molar-refractivity contribution in [2.24, 2.45) is 0 Å². The van der Waals surface area contributed by atoms with Crippen molar-refractivity contribution >= 4 is 5.91 Å². The molecule has 0 bridgehead atoms. The number of hydrogen-bond donors (Lipinski definition) is 1. The number of halogens is 1. The molecule has 1 fully saturated rings. The number of amides is 1. The molecular formula is C15H16FN3O3. The van der Waals surface area contributed by atoms with Gasteiger partial charge in [-0.2, -0.15) is 0 Å². The van der Waals surface area contributed by atoms with Gasteiger partial charge >= 0.3 is 6.01 Å². The third-order valence-corrected chi connectivity index (χ3v) is 3.66. The summed E-state index contributed by atoms with van der Waals surface area (Å²) in [6, 6.07) is 1.94. The highest BCUT2D eigenvalue weighted by Crippen LogP contribution is 2.22. The fraction of sp³-hybridized carbons (Fsp3) is 0.400. The van der Waals surface area contributed by atoms with E-state index in [0.717, 1.165) is 38.1 Å². The van der Waals surface area contributed by atoms with Crippen molar-refractivity contribution in [3.8, 4) is 6.01 Å². The maximum Gasteiger partial charge on any atom is 0.316 e. The van der Waals surface area contributed by atoms with E-state index in [1.807, 2.05) is 0 Å². The lowest BCUT2D eigenvalue weighted by Crippen LogP contribution is -2.39. The first-order chi connectivity index (χ1) is 10.7. The molecule has 0 unspecified atom stereocenters. The van der Waals surface area contributed by atoms with Gasteiger partial charge in [-0.3, -0.25) is 4.79 Å². The van der Waals surface area contributed by atoms with E-state index >= 15 is 0 Å². The topological polar surface area (TPSA) is 77.2 Å². The lowest BCUT2D eigenvalue weighted by molar-refractivity contribution is 0.0884. The molecule has 6 nitrogen and oxygen atoms in total. The van der Waals surface area contributed by atoms with Gasteiger partial charge in [0.15, 0.2) is 5.82 Å².